The van der Waals surface area contributed by atoms with Crippen LogP contribution < -0.4 is 10.6 Å². The Bertz CT molecular complexity index is 1010. The number of carbonyl (C=O) groups is 2. The molecule has 4 heterocycles. The van der Waals surface area contributed by atoms with Crippen LogP contribution in [0.25, 0.3) is 10.9 Å². The summed E-state index contributed by atoms with van der Waals surface area (Å²) in [6.07, 6.45) is 0.922. The molecule has 124 valence electrons. The first-order chi connectivity index (χ1) is 12.2. The number of aromatic amines is 1. The minimum absolute atomic E-state index is 0.121. The summed E-state index contributed by atoms with van der Waals surface area (Å²) in [5.74, 6) is -0.268. The zero-order chi connectivity index (χ0) is 17.0. The first kappa shape index (κ1) is 14.3. The molecule has 3 aromatic rings. The molecule has 3 aliphatic rings. The number of amides is 2. The van der Waals surface area contributed by atoms with Gasteiger partial charge in [0.25, 0.3) is 5.91 Å². The second-order valence-corrected chi connectivity index (χ2v) is 6.81. The van der Waals surface area contributed by atoms with Crippen molar-refractivity contribution in [3.63, 3.8) is 0 Å². The number of nitrogens with one attached hydrogen (secondary N) is 3. The average Bonchev–Trinajstić information content (AvgIpc) is 2.89. The van der Waals surface area contributed by atoms with E-state index >= 15 is 0 Å². The van der Waals surface area contributed by atoms with E-state index in [9.17, 15) is 9.59 Å². The van der Waals surface area contributed by atoms with Gasteiger partial charge in [0, 0.05) is 23.7 Å². The van der Waals surface area contributed by atoms with E-state index < -0.39 is 11.6 Å². The molecule has 1 saturated heterocycles. The number of piperazine rings is 1. The summed E-state index contributed by atoms with van der Waals surface area (Å²) in [6, 6.07) is 17.3. The summed E-state index contributed by atoms with van der Waals surface area (Å²) < 4.78 is 0. The molecule has 6 rings (SSSR count). The van der Waals surface area contributed by atoms with Crippen LogP contribution in [0.1, 0.15) is 16.8 Å². The fourth-order valence-electron chi connectivity index (χ4n) is 4.12. The number of carbonyl (C=O) groups excluding carboxylic acids is 2. The minimum atomic E-state index is -1.10. The Labute approximate surface area is 144 Å². The average molecular weight is 331 g/mol. The number of fused-ring (bicyclic) bond motifs is 3. The molecule has 1 fully saturated rings. The van der Waals surface area contributed by atoms with Crippen LogP contribution in [-0.2, 0) is 28.0 Å². The maximum Gasteiger partial charge on any atom is 0.252 e. The first-order valence-electron chi connectivity index (χ1n) is 8.44. The van der Waals surface area contributed by atoms with Crippen molar-refractivity contribution in [3.05, 3.63) is 71.4 Å². The number of para-hydroxylation sites is 1. The van der Waals surface area contributed by atoms with Crippen LogP contribution in [0.5, 0.6) is 0 Å². The van der Waals surface area contributed by atoms with Gasteiger partial charge >= 0.3 is 0 Å². The smallest absolute Gasteiger partial charge is 0.252 e. The van der Waals surface area contributed by atoms with Gasteiger partial charge in [0.15, 0.2) is 5.54 Å². The summed E-state index contributed by atoms with van der Waals surface area (Å²) in [5.41, 5.74) is 2.76. The largest absolute Gasteiger partial charge is 0.356 e. The molecule has 3 N–H and O–H groups in total. The number of hydrogen-bond acceptors (Lipinski definition) is 2. The van der Waals surface area contributed by atoms with Crippen molar-refractivity contribution in [2.75, 3.05) is 0 Å². The van der Waals surface area contributed by atoms with Crippen molar-refractivity contribution in [1.82, 2.24) is 15.6 Å². The van der Waals surface area contributed by atoms with Crippen LogP contribution in [-0.4, -0.2) is 22.8 Å². The number of aromatic nitrogens is 1. The molecule has 2 atom stereocenters. The topological polar surface area (TPSA) is 74.0 Å². The molecule has 2 bridgehead atoms. The number of H-pyrrole nitrogens is 1. The lowest BCUT2D eigenvalue weighted by Crippen LogP contribution is -2.67. The van der Waals surface area contributed by atoms with Gasteiger partial charge in [-0.15, -0.1) is 0 Å². The Morgan fingerprint density at radius 3 is 2.60 bits per heavy atom. The highest BCUT2D eigenvalue weighted by molar-refractivity contribution is 6.04. The Morgan fingerprint density at radius 2 is 1.76 bits per heavy atom. The third-order valence-corrected chi connectivity index (χ3v) is 5.31. The van der Waals surface area contributed by atoms with Crippen LogP contribution in [0.2, 0.25) is 0 Å². The van der Waals surface area contributed by atoms with Crippen LogP contribution in [0.15, 0.2) is 54.6 Å². The number of benzene rings is 2. The van der Waals surface area contributed by atoms with Gasteiger partial charge in [-0.1, -0.05) is 48.5 Å². The minimum Gasteiger partial charge on any atom is -0.356 e. The van der Waals surface area contributed by atoms with E-state index in [1.54, 1.807) is 0 Å². The van der Waals surface area contributed by atoms with Crippen molar-refractivity contribution in [3.8, 4) is 0 Å². The lowest BCUT2D eigenvalue weighted by Gasteiger charge is -2.37. The Balaban J connectivity index is 1.77. The van der Waals surface area contributed by atoms with Crippen molar-refractivity contribution >= 4 is 22.7 Å². The third kappa shape index (κ3) is 1.95. The van der Waals surface area contributed by atoms with Gasteiger partial charge in [-0.25, -0.2) is 0 Å². The molecule has 5 heteroatoms. The highest BCUT2D eigenvalue weighted by atomic mass is 16.2. The SMILES string of the molecule is O=C1N[C@]2(Cc3ccccc3)C(=O)N[C@H]1Cc1c2[nH]c2ccccc12. The van der Waals surface area contributed by atoms with Crippen LogP contribution in [0.3, 0.4) is 0 Å². The summed E-state index contributed by atoms with van der Waals surface area (Å²) in [5, 5.41) is 7.02. The zero-order valence-corrected chi connectivity index (χ0v) is 13.5. The molecular formula is C20H17N3O2. The van der Waals surface area contributed by atoms with Gasteiger partial charge in [0.2, 0.25) is 5.91 Å². The maximum atomic E-state index is 13.0. The Morgan fingerprint density at radius 1 is 1.00 bits per heavy atom. The molecule has 0 spiro atoms. The molecule has 0 unspecified atom stereocenters. The summed E-state index contributed by atoms with van der Waals surface area (Å²) >= 11 is 0. The fourth-order valence-corrected chi connectivity index (χ4v) is 4.12. The Kier molecular flexibility index (Phi) is 2.83. The predicted molar refractivity (Wildman–Crippen MR) is 93.9 cm³/mol. The maximum absolute atomic E-state index is 13.0. The van der Waals surface area contributed by atoms with Crippen molar-refractivity contribution < 1.29 is 9.59 Å². The van der Waals surface area contributed by atoms with Crippen molar-refractivity contribution in [2.24, 2.45) is 0 Å². The first-order valence-corrected chi connectivity index (χ1v) is 8.44. The van der Waals surface area contributed by atoms with Gasteiger partial charge in [0.05, 0.1) is 5.69 Å². The van der Waals surface area contributed by atoms with Crippen molar-refractivity contribution in [2.45, 2.75) is 24.4 Å². The molecule has 2 aromatic carbocycles. The lowest BCUT2D eigenvalue weighted by molar-refractivity contribution is -0.141. The normalized spacial score (nSPS) is 24.6. The van der Waals surface area contributed by atoms with E-state index in [-0.39, 0.29) is 11.8 Å². The summed E-state index contributed by atoms with van der Waals surface area (Å²) in [6.45, 7) is 0. The molecule has 0 radical (unpaired) electrons. The molecule has 3 aliphatic heterocycles. The summed E-state index contributed by atoms with van der Waals surface area (Å²) in [4.78, 5) is 29.0. The predicted octanol–water partition coefficient (Wildman–Crippen LogP) is 1.78. The standard InChI is InChI=1S/C20H17N3O2/c24-18-16-10-14-13-8-4-5-9-15(13)21-17(14)20(23-18,19(25)22-16)11-12-6-2-1-3-7-12/h1-9,16,21H,10-11H2,(H,22,25)(H,23,24)/t16-,20-/m0/s1. The fraction of sp³-hybridized carbons (Fsp3) is 0.200. The van der Waals surface area contributed by atoms with E-state index in [4.69, 9.17) is 0 Å². The second kappa shape index (κ2) is 4.96. The second-order valence-electron chi connectivity index (χ2n) is 6.81. The van der Waals surface area contributed by atoms with Gasteiger partial charge in [-0.2, -0.15) is 0 Å². The van der Waals surface area contributed by atoms with Crippen LogP contribution in [0.4, 0.5) is 0 Å². The number of hydrogen-bond donors (Lipinski definition) is 3. The molecular weight excluding hydrogens is 314 g/mol. The molecule has 2 amide bonds. The highest BCUT2D eigenvalue weighted by Crippen LogP contribution is 2.38. The summed E-state index contributed by atoms with van der Waals surface area (Å²) in [7, 11) is 0. The van der Waals surface area contributed by atoms with E-state index in [1.807, 2.05) is 54.6 Å². The molecule has 25 heavy (non-hydrogen) atoms. The molecule has 1 aromatic heterocycles. The third-order valence-electron chi connectivity index (χ3n) is 5.31. The van der Waals surface area contributed by atoms with Crippen LogP contribution in [0, 0.1) is 0 Å². The molecule has 0 aliphatic carbocycles. The highest BCUT2D eigenvalue weighted by Gasteiger charge is 2.53. The quantitative estimate of drug-likeness (QED) is 0.670. The molecule has 5 nitrogen and oxygen atoms in total. The van der Waals surface area contributed by atoms with Gasteiger partial charge in [0.1, 0.15) is 6.04 Å². The number of rotatable bonds is 2. The monoisotopic (exact) mass is 331 g/mol. The van der Waals surface area contributed by atoms with E-state index in [2.05, 4.69) is 15.6 Å². The van der Waals surface area contributed by atoms with Crippen molar-refractivity contribution in [1.29, 1.82) is 0 Å². The lowest BCUT2D eigenvalue weighted by atomic mass is 9.84. The Hall–Kier alpha value is -3.08. The van der Waals surface area contributed by atoms with Crippen LogP contribution >= 0.6 is 0 Å². The zero-order valence-electron chi connectivity index (χ0n) is 13.5. The molecule has 0 saturated carbocycles. The van der Waals surface area contributed by atoms with E-state index in [1.165, 1.54) is 0 Å². The van der Waals surface area contributed by atoms with Gasteiger partial charge in [-0.05, 0) is 17.2 Å². The van der Waals surface area contributed by atoms with E-state index in [0.29, 0.717) is 12.8 Å². The van der Waals surface area contributed by atoms with Gasteiger partial charge in [-0.3, -0.25) is 9.59 Å². The van der Waals surface area contributed by atoms with Gasteiger partial charge < -0.3 is 15.6 Å². The van der Waals surface area contributed by atoms with E-state index in [0.717, 1.165) is 27.7 Å².